The average Bonchev–Trinajstić information content (AvgIpc) is 2.86. The van der Waals surface area contributed by atoms with Crippen molar-refractivity contribution in [3.05, 3.63) is 23.3 Å². The van der Waals surface area contributed by atoms with Crippen LogP contribution in [0.4, 0.5) is 0 Å². The zero-order valence-corrected chi connectivity index (χ0v) is 13.2. The maximum atomic E-state index is 11.7. The van der Waals surface area contributed by atoms with Gasteiger partial charge < -0.3 is 24.8 Å². The van der Waals surface area contributed by atoms with E-state index in [1.54, 1.807) is 7.11 Å². The molecule has 2 bridgehead atoms. The molecule has 0 radical (unpaired) electrons. The van der Waals surface area contributed by atoms with Crippen molar-refractivity contribution in [2.75, 3.05) is 7.11 Å². The number of aliphatic hydroxyl groups excluding tert-OH is 2. The summed E-state index contributed by atoms with van der Waals surface area (Å²) in [6.07, 6.45) is 1.29. The summed E-state index contributed by atoms with van der Waals surface area (Å²) >= 11 is 0. The van der Waals surface area contributed by atoms with Gasteiger partial charge in [0.25, 0.3) is 0 Å². The van der Waals surface area contributed by atoms with Crippen LogP contribution >= 0.6 is 0 Å². The van der Waals surface area contributed by atoms with Crippen LogP contribution in [0.25, 0.3) is 0 Å². The summed E-state index contributed by atoms with van der Waals surface area (Å²) in [7, 11) is 1.60. The number of hydrogen-bond donors (Lipinski definition) is 3. The molecule has 2 fully saturated rings. The summed E-state index contributed by atoms with van der Waals surface area (Å²) in [5, 5.41) is 33.0. The molecule has 6 atom stereocenters. The molecule has 0 amide bonds. The lowest BCUT2D eigenvalue weighted by atomic mass is 9.44. The van der Waals surface area contributed by atoms with Crippen molar-refractivity contribution in [1.29, 1.82) is 0 Å². The Kier molecular flexibility index (Phi) is 2.57. The normalized spacial score (nSPS) is 46.1. The molecule has 4 aliphatic rings. The van der Waals surface area contributed by atoms with E-state index in [0.29, 0.717) is 11.5 Å². The smallest absolute Gasteiger partial charge is 0.166 e. The minimum atomic E-state index is -1.22. The van der Waals surface area contributed by atoms with Crippen molar-refractivity contribution in [3.63, 3.8) is 0 Å². The van der Waals surface area contributed by atoms with E-state index in [1.807, 2.05) is 6.07 Å². The zero-order chi connectivity index (χ0) is 16.0. The van der Waals surface area contributed by atoms with Gasteiger partial charge in [-0.15, -0.1) is 0 Å². The van der Waals surface area contributed by atoms with Crippen LogP contribution in [0.5, 0.6) is 11.5 Å². The number of ether oxygens (including phenoxy) is 2. The molecule has 3 aliphatic carbocycles. The third kappa shape index (κ3) is 1.33. The van der Waals surface area contributed by atoms with Crippen LogP contribution in [-0.4, -0.2) is 46.3 Å². The van der Waals surface area contributed by atoms with E-state index in [-0.39, 0.29) is 12.3 Å². The van der Waals surface area contributed by atoms with Gasteiger partial charge >= 0.3 is 0 Å². The summed E-state index contributed by atoms with van der Waals surface area (Å²) in [6.45, 7) is 0. The van der Waals surface area contributed by atoms with Gasteiger partial charge in [0.15, 0.2) is 11.5 Å². The monoisotopic (exact) mass is 318 g/mol. The molecule has 23 heavy (non-hydrogen) atoms. The fourth-order valence-electron chi connectivity index (χ4n) is 6.05. The van der Waals surface area contributed by atoms with Crippen molar-refractivity contribution in [3.8, 4) is 11.5 Å². The lowest BCUT2D eigenvalue weighted by Crippen LogP contribution is -2.75. The van der Waals surface area contributed by atoms with Gasteiger partial charge in [0, 0.05) is 12.0 Å². The molecular weight excluding hydrogens is 296 g/mol. The maximum Gasteiger partial charge on any atom is 0.166 e. The molecule has 1 aliphatic heterocycles. The van der Waals surface area contributed by atoms with E-state index in [9.17, 15) is 15.3 Å². The molecule has 5 heteroatoms. The molecule has 1 aromatic carbocycles. The third-order valence-corrected chi connectivity index (χ3v) is 6.85. The second-order valence-electron chi connectivity index (χ2n) is 7.58. The average molecular weight is 318 g/mol. The lowest BCUT2D eigenvalue weighted by molar-refractivity contribution is -0.246. The van der Waals surface area contributed by atoms with Gasteiger partial charge in [0.1, 0.15) is 11.7 Å². The molecule has 1 spiro atoms. The third-order valence-electron chi connectivity index (χ3n) is 6.85. The molecule has 1 aromatic rings. The number of rotatable bonds is 1. The molecule has 1 heterocycles. The lowest BCUT2D eigenvalue weighted by Gasteiger charge is -2.62. The van der Waals surface area contributed by atoms with E-state index < -0.39 is 29.3 Å². The van der Waals surface area contributed by atoms with Crippen LogP contribution in [0, 0.1) is 5.92 Å². The fraction of sp³-hybridized carbons (Fsp3) is 0.667. The fourth-order valence-corrected chi connectivity index (χ4v) is 6.05. The molecule has 2 saturated carbocycles. The van der Waals surface area contributed by atoms with Gasteiger partial charge in [-0.05, 0) is 36.8 Å². The number of aliphatic hydroxyl groups is 3. The maximum absolute atomic E-state index is 11.7. The standard InChI is InChI=1S/C18H22O5/c1-22-12-5-4-9-7-10-3-2-6-17-14(9)15(12)23-16(17)11(19)8-13(20)18(10,17)21/h4-5,10-11,13,16,19-21H,2-3,6-8H2,1H3. The van der Waals surface area contributed by atoms with Crippen molar-refractivity contribution in [1.82, 2.24) is 0 Å². The van der Waals surface area contributed by atoms with Crippen LogP contribution < -0.4 is 9.47 Å². The van der Waals surface area contributed by atoms with Gasteiger partial charge in [-0.1, -0.05) is 12.5 Å². The summed E-state index contributed by atoms with van der Waals surface area (Å²) in [4.78, 5) is 0. The first-order chi connectivity index (χ1) is 11.0. The van der Waals surface area contributed by atoms with Crippen molar-refractivity contribution in [2.45, 2.75) is 61.4 Å². The van der Waals surface area contributed by atoms with Gasteiger partial charge in [-0.2, -0.15) is 0 Å². The number of hydrogen-bond acceptors (Lipinski definition) is 5. The Hall–Kier alpha value is -1.30. The van der Waals surface area contributed by atoms with Gasteiger partial charge in [0.2, 0.25) is 0 Å². The first kappa shape index (κ1) is 14.1. The zero-order valence-electron chi connectivity index (χ0n) is 13.2. The highest BCUT2D eigenvalue weighted by atomic mass is 16.5. The van der Waals surface area contributed by atoms with Gasteiger partial charge in [-0.3, -0.25) is 0 Å². The molecule has 5 rings (SSSR count). The van der Waals surface area contributed by atoms with Crippen molar-refractivity contribution < 1.29 is 24.8 Å². The largest absolute Gasteiger partial charge is 0.493 e. The molecule has 0 aromatic heterocycles. The van der Waals surface area contributed by atoms with E-state index in [2.05, 4.69) is 6.07 Å². The van der Waals surface area contributed by atoms with Gasteiger partial charge in [0.05, 0.1) is 24.7 Å². The molecule has 124 valence electrons. The summed E-state index contributed by atoms with van der Waals surface area (Å²) < 4.78 is 11.6. The Morgan fingerprint density at radius 1 is 1.30 bits per heavy atom. The topological polar surface area (TPSA) is 79.2 Å². The Morgan fingerprint density at radius 3 is 2.91 bits per heavy atom. The van der Waals surface area contributed by atoms with E-state index in [0.717, 1.165) is 31.2 Å². The number of methoxy groups -OCH3 is 1. The highest BCUT2D eigenvalue weighted by Gasteiger charge is 2.74. The molecular formula is C18H22O5. The summed E-state index contributed by atoms with van der Waals surface area (Å²) in [5.41, 5.74) is 0.196. The minimum Gasteiger partial charge on any atom is -0.493 e. The predicted molar refractivity (Wildman–Crippen MR) is 81.7 cm³/mol. The highest BCUT2D eigenvalue weighted by molar-refractivity contribution is 5.62. The van der Waals surface area contributed by atoms with Crippen LogP contribution in [0.1, 0.15) is 36.8 Å². The Bertz CT molecular complexity index is 688. The highest BCUT2D eigenvalue weighted by Crippen LogP contribution is 2.67. The van der Waals surface area contributed by atoms with Crippen LogP contribution in [-0.2, 0) is 11.8 Å². The van der Waals surface area contributed by atoms with Gasteiger partial charge in [-0.25, -0.2) is 0 Å². The molecule has 0 saturated heterocycles. The first-order valence-corrected chi connectivity index (χ1v) is 8.49. The van der Waals surface area contributed by atoms with Crippen molar-refractivity contribution >= 4 is 0 Å². The second kappa shape index (κ2) is 4.21. The molecule has 6 unspecified atom stereocenters. The Morgan fingerprint density at radius 2 is 2.13 bits per heavy atom. The van der Waals surface area contributed by atoms with E-state index in [1.165, 1.54) is 5.56 Å². The second-order valence-corrected chi connectivity index (χ2v) is 7.58. The SMILES string of the molecule is COc1ccc2c3c1OC1C(O)CC(O)C4(O)C(CCCC314)C2. The summed E-state index contributed by atoms with van der Waals surface area (Å²) in [5.74, 6) is 1.30. The van der Waals surface area contributed by atoms with E-state index in [4.69, 9.17) is 9.47 Å². The van der Waals surface area contributed by atoms with Crippen molar-refractivity contribution in [2.24, 2.45) is 5.92 Å². The summed E-state index contributed by atoms with van der Waals surface area (Å²) in [6, 6.07) is 3.96. The van der Waals surface area contributed by atoms with Crippen LogP contribution in [0.2, 0.25) is 0 Å². The minimum absolute atomic E-state index is 0.0108. The molecule has 3 N–H and O–H groups in total. The quantitative estimate of drug-likeness (QED) is 0.717. The van der Waals surface area contributed by atoms with Crippen LogP contribution in [0.15, 0.2) is 12.1 Å². The Balaban J connectivity index is 1.86. The first-order valence-electron chi connectivity index (χ1n) is 8.49. The predicted octanol–water partition coefficient (Wildman–Crippen LogP) is 0.907. The Labute approximate surface area is 134 Å². The number of benzene rings is 1. The van der Waals surface area contributed by atoms with E-state index >= 15 is 0 Å². The van der Waals surface area contributed by atoms with Crippen LogP contribution in [0.3, 0.4) is 0 Å². The molecule has 5 nitrogen and oxygen atoms in total.